The van der Waals surface area contributed by atoms with Crippen molar-refractivity contribution in [3.8, 4) is 0 Å². The summed E-state index contributed by atoms with van der Waals surface area (Å²) in [5, 5.41) is 2.86. The number of rotatable bonds is 2. The summed E-state index contributed by atoms with van der Waals surface area (Å²) in [5.74, 6) is -0.138. The maximum Gasteiger partial charge on any atom is 0.251 e. The van der Waals surface area contributed by atoms with Crippen LogP contribution in [0.3, 0.4) is 0 Å². The molecule has 1 amide bonds. The van der Waals surface area contributed by atoms with Gasteiger partial charge in [-0.15, -0.1) is 0 Å². The van der Waals surface area contributed by atoms with Gasteiger partial charge in [-0.3, -0.25) is 14.6 Å². The summed E-state index contributed by atoms with van der Waals surface area (Å²) < 4.78 is 1.80. The average Bonchev–Trinajstić information content (AvgIpc) is 2.14. The maximum atomic E-state index is 11.9. The standard InChI is InChI=1S/C11H17N3O2S/c1-7(9(16)13-11(2,3)4)14-6-5-8(15)12-10(14)17/h5-7H,1-4H3,(H,13,16)(H,12,15,17). The molecule has 0 saturated carbocycles. The number of hydrogen-bond acceptors (Lipinski definition) is 3. The number of carbonyl (C=O) groups excluding carboxylic acids is 1. The minimum atomic E-state index is -0.460. The molecule has 1 heterocycles. The van der Waals surface area contributed by atoms with Crippen LogP contribution in [0.1, 0.15) is 33.7 Å². The van der Waals surface area contributed by atoms with Crippen LogP contribution in [0.15, 0.2) is 17.1 Å². The van der Waals surface area contributed by atoms with Crippen LogP contribution in [-0.2, 0) is 4.79 Å². The van der Waals surface area contributed by atoms with Crippen LogP contribution in [0.2, 0.25) is 0 Å². The fourth-order valence-electron chi connectivity index (χ4n) is 1.33. The van der Waals surface area contributed by atoms with Crippen LogP contribution < -0.4 is 10.9 Å². The van der Waals surface area contributed by atoms with Gasteiger partial charge in [0.15, 0.2) is 4.77 Å². The molecule has 0 radical (unpaired) electrons. The van der Waals surface area contributed by atoms with Crippen molar-refractivity contribution >= 4 is 18.1 Å². The third-order valence-electron chi connectivity index (χ3n) is 2.15. The Labute approximate surface area is 105 Å². The third kappa shape index (κ3) is 3.81. The molecule has 5 nitrogen and oxygen atoms in total. The van der Waals surface area contributed by atoms with Crippen molar-refractivity contribution in [1.29, 1.82) is 0 Å². The van der Waals surface area contributed by atoms with E-state index in [1.807, 2.05) is 20.8 Å². The zero-order chi connectivity index (χ0) is 13.2. The van der Waals surface area contributed by atoms with Gasteiger partial charge in [0, 0.05) is 17.8 Å². The van der Waals surface area contributed by atoms with Crippen molar-refractivity contribution in [2.24, 2.45) is 0 Å². The van der Waals surface area contributed by atoms with E-state index in [0.29, 0.717) is 0 Å². The first kappa shape index (κ1) is 13.6. The fraction of sp³-hybridized carbons (Fsp3) is 0.545. The molecule has 0 aliphatic heterocycles. The van der Waals surface area contributed by atoms with Crippen LogP contribution in [0.25, 0.3) is 0 Å². The second kappa shape index (κ2) is 4.83. The quantitative estimate of drug-likeness (QED) is 0.785. The molecule has 0 aliphatic carbocycles. The summed E-state index contributed by atoms with van der Waals surface area (Å²) in [6.07, 6.45) is 1.52. The summed E-state index contributed by atoms with van der Waals surface area (Å²) in [4.78, 5) is 25.4. The molecule has 0 saturated heterocycles. The first-order valence-corrected chi connectivity index (χ1v) is 5.75. The highest BCUT2D eigenvalue weighted by molar-refractivity contribution is 7.71. The van der Waals surface area contributed by atoms with E-state index in [0.717, 1.165) is 0 Å². The lowest BCUT2D eigenvalue weighted by Gasteiger charge is -2.24. The highest BCUT2D eigenvalue weighted by Gasteiger charge is 2.20. The van der Waals surface area contributed by atoms with Crippen LogP contribution >= 0.6 is 12.2 Å². The van der Waals surface area contributed by atoms with Crippen LogP contribution in [0.4, 0.5) is 0 Å². The molecule has 0 aliphatic rings. The fourth-order valence-corrected chi connectivity index (χ4v) is 1.65. The van der Waals surface area contributed by atoms with Crippen molar-refractivity contribution in [3.63, 3.8) is 0 Å². The number of aromatic nitrogens is 2. The van der Waals surface area contributed by atoms with Crippen LogP contribution in [0.5, 0.6) is 0 Å². The molecule has 0 spiro atoms. The number of nitrogens with zero attached hydrogens (tertiary/aromatic N) is 1. The Kier molecular flexibility index (Phi) is 3.87. The van der Waals surface area contributed by atoms with Gasteiger partial charge in [0.05, 0.1) is 0 Å². The van der Waals surface area contributed by atoms with E-state index in [-0.39, 0.29) is 21.8 Å². The number of nitrogens with one attached hydrogen (secondary N) is 2. The number of H-pyrrole nitrogens is 1. The first-order valence-electron chi connectivity index (χ1n) is 5.34. The zero-order valence-corrected chi connectivity index (χ0v) is 11.2. The Bertz CT molecular complexity index is 524. The van der Waals surface area contributed by atoms with E-state index in [2.05, 4.69) is 10.3 Å². The van der Waals surface area contributed by atoms with E-state index in [9.17, 15) is 9.59 Å². The molecule has 1 unspecified atom stereocenters. The number of hydrogen-bond donors (Lipinski definition) is 2. The Morgan fingerprint density at radius 1 is 1.53 bits per heavy atom. The largest absolute Gasteiger partial charge is 0.350 e. The molecule has 0 aromatic carbocycles. The van der Waals surface area contributed by atoms with E-state index in [1.165, 1.54) is 12.3 Å². The van der Waals surface area contributed by atoms with Gasteiger partial charge >= 0.3 is 0 Å². The van der Waals surface area contributed by atoms with Gasteiger partial charge in [0.2, 0.25) is 5.91 Å². The zero-order valence-electron chi connectivity index (χ0n) is 10.4. The molecule has 0 fully saturated rings. The molecule has 1 rings (SSSR count). The average molecular weight is 255 g/mol. The number of carbonyl (C=O) groups is 1. The molecule has 0 bridgehead atoms. The summed E-state index contributed by atoms with van der Waals surface area (Å²) in [6, 6.07) is 0.884. The number of amides is 1. The first-order chi connectivity index (χ1) is 7.70. The van der Waals surface area contributed by atoms with Gasteiger partial charge in [-0.1, -0.05) is 0 Å². The van der Waals surface area contributed by atoms with Gasteiger partial charge < -0.3 is 9.88 Å². The van der Waals surface area contributed by atoms with Crippen LogP contribution in [0, 0.1) is 4.77 Å². The smallest absolute Gasteiger partial charge is 0.251 e. The lowest BCUT2D eigenvalue weighted by atomic mass is 10.1. The van der Waals surface area contributed by atoms with Crippen molar-refractivity contribution in [2.75, 3.05) is 0 Å². The van der Waals surface area contributed by atoms with Gasteiger partial charge in [-0.05, 0) is 39.9 Å². The normalized spacial score (nSPS) is 13.2. The second-order valence-corrected chi connectivity index (χ2v) is 5.32. The molecule has 94 valence electrons. The molecule has 2 N–H and O–H groups in total. The van der Waals surface area contributed by atoms with Gasteiger partial charge in [-0.25, -0.2) is 0 Å². The van der Waals surface area contributed by atoms with E-state index in [4.69, 9.17) is 12.2 Å². The third-order valence-corrected chi connectivity index (χ3v) is 2.46. The number of aromatic amines is 1. The van der Waals surface area contributed by atoms with E-state index < -0.39 is 6.04 Å². The lowest BCUT2D eigenvalue weighted by molar-refractivity contribution is -0.125. The van der Waals surface area contributed by atoms with Crippen molar-refractivity contribution < 1.29 is 4.79 Å². The summed E-state index contributed by atoms with van der Waals surface area (Å²) in [7, 11) is 0. The minimum absolute atomic E-state index is 0.138. The van der Waals surface area contributed by atoms with Crippen molar-refractivity contribution in [3.05, 3.63) is 27.4 Å². The Morgan fingerprint density at radius 2 is 2.12 bits per heavy atom. The Morgan fingerprint density at radius 3 is 2.59 bits per heavy atom. The molecule has 1 aromatic rings. The molecule has 1 atom stereocenters. The maximum absolute atomic E-state index is 11.9. The van der Waals surface area contributed by atoms with Crippen molar-refractivity contribution in [1.82, 2.24) is 14.9 Å². The highest BCUT2D eigenvalue weighted by Crippen LogP contribution is 2.08. The summed E-state index contributed by atoms with van der Waals surface area (Å²) in [5.41, 5.74) is -0.565. The second-order valence-electron chi connectivity index (χ2n) is 4.93. The molecule has 17 heavy (non-hydrogen) atoms. The molecule has 6 heteroatoms. The van der Waals surface area contributed by atoms with E-state index in [1.54, 1.807) is 11.5 Å². The predicted octanol–water partition coefficient (Wildman–Crippen LogP) is 1.38. The summed E-state index contributed by atoms with van der Waals surface area (Å²) in [6.45, 7) is 7.45. The Balaban J connectivity index is 2.97. The highest BCUT2D eigenvalue weighted by atomic mass is 32.1. The predicted molar refractivity (Wildman–Crippen MR) is 68.5 cm³/mol. The molecule has 1 aromatic heterocycles. The van der Waals surface area contributed by atoms with Crippen molar-refractivity contribution in [2.45, 2.75) is 39.3 Å². The van der Waals surface area contributed by atoms with E-state index >= 15 is 0 Å². The topological polar surface area (TPSA) is 66.9 Å². The van der Waals surface area contributed by atoms with Gasteiger partial charge in [0.25, 0.3) is 5.56 Å². The van der Waals surface area contributed by atoms with Crippen LogP contribution in [-0.4, -0.2) is 21.0 Å². The Hall–Kier alpha value is -1.43. The van der Waals surface area contributed by atoms with Gasteiger partial charge in [-0.2, -0.15) is 0 Å². The molecular weight excluding hydrogens is 238 g/mol. The molecular formula is C11H17N3O2S. The lowest BCUT2D eigenvalue weighted by Crippen LogP contribution is -2.44. The van der Waals surface area contributed by atoms with Gasteiger partial charge in [0.1, 0.15) is 6.04 Å². The summed E-state index contributed by atoms with van der Waals surface area (Å²) >= 11 is 5.00. The minimum Gasteiger partial charge on any atom is -0.350 e. The monoisotopic (exact) mass is 255 g/mol. The SMILES string of the molecule is CC(C(=O)NC(C)(C)C)n1ccc(=O)[nH]c1=S.